The van der Waals surface area contributed by atoms with E-state index in [1.807, 2.05) is 38.5 Å². The monoisotopic (exact) mass is 331 g/mol. The van der Waals surface area contributed by atoms with E-state index in [1.165, 1.54) is 0 Å². The minimum Gasteiger partial charge on any atom is -0.467 e. The van der Waals surface area contributed by atoms with E-state index >= 15 is 0 Å². The van der Waals surface area contributed by atoms with Crippen LogP contribution in [0.15, 0.2) is 35.2 Å². The quantitative estimate of drug-likeness (QED) is 0.856. The largest absolute Gasteiger partial charge is 0.467 e. The average Bonchev–Trinajstić information content (AvgIpc) is 3.22. The molecule has 0 bridgehead atoms. The lowest BCUT2D eigenvalue weighted by molar-refractivity contribution is -0.123. The molecule has 0 saturated carbocycles. The summed E-state index contributed by atoms with van der Waals surface area (Å²) in [7, 11) is 2.02. The van der Waals surface area contributed by atoms with Crippen molar-refractivity contribution in [2.45, 2.75) is 19.5 Å². The summed E-state index contributed by atoms with van der Waals surface area (Å²) in [6.45, 7) is 6.92. The van der Waals surface area contributed by atoms with Crippen LogP contribution in [0.1, 0.15) is 24.6 Å². The third kappa shape index (κ3) is 4.24. The Morgan fingerprint density at radius 3 is 2.71 bits per heavy atom. The zero-order chi connectivity index (χ0) is 16.9. The van der Waals surface area contributed by atoms with Crippen molar-refractivity contribution in [1.82, 2.24) is 24.7 Å². The molecule has 130 valence electrons. The van der Waals surface area contributed by atoms with Gasteiger partial charge in [0.15, 0.2) is 0 Å². The fourth-order valence-corrected chi connectivity index (χ4v) is 2.95. The van der Waals surface area contributed by atoms with Crippen molar-refractivity contribution in [2.24, 2.45) is 7.05 Å². The number of rotatable bonds is 6. The van der Waals surface area contributed by atoms with Crippen molar-refractivity contribution in [2.75, 3.05) is 32.7 Å². The number of amides is 1. The van der Waals surface area contributed by atoms with Gasteiger partial charge in [-0.3, -0.25) is 14.6 Å². The Bertz CT molecular complexity index is 644. The molecule has 1 aliphatic rings. The van der Waals surface area contributed by atoms with E-state index in [2.05, 4.69) is 24.7 Å². The minimum atomic E-state index is -0.0998. The Labute approximate surface area is 142 Å². The zero-order valence-electron chi connectivity index (χ0n) is 14.3. The highest BCUT2D eigenvalue weighted by atomic mass is 16.3. The topological polar surface area (TPSA) is 66.5 Å². The van der Waals surface area contributed by atoms with Crippen LogP contribution in [0.2, 0.25) is 0 Å². The Hall–Kier alpha value is -2.12. The van der Waals surface area contributed by atoms with Crippen molar-refractivity contribution >= 4 is 5.91 Å². The fraction of sp³-hybridized carbons (Fsp3) is 0.529. The van der Waals surface area contributed by atoms with Crippen LogP contribution in [-0.2, 0) is 18.4 Å². The molecule has 1 saturated heterocycles. The lowest BCUT2D eigenvalue weighted by Gasteiger charge is -2.34. The van der Waals surface area contributed by atoms with Crippen LogP contribution in [0, 0.1) is 0 Å². The first kappa shape index (κ1) is 16.7. The summed E-state index contributed by atoms with van der Waals surface area (Å²) in [5.74, 6) is 1.90. The Morgan fingerprint density at radius 1 is 1.33 bits per heavy atom. The first-order chi connectivity index (χ1) is 11.6. The first-order valence-electron chi connectivity index (χ1n) is 8.35. The molecule has 3 rings (SSSR count). The predicted molar refractivity (Wildman–Crippen MR) is 90.2 cm³/mol. The molecule has 0 spiro atoms. The maximum absolute atomic E-state index is 12.2. The van der Waals surface area contributed by atoms with Crippen molar-refractivity contribution in [3.05, 3.63) is 42.4 Å². The van der Waals surface area contributed by atoms with Crippen LogP contribution in [0.3, 0.4) is 0 Å². The number of hydrogen-bond acceptors (Lipinski definition) is 5. The number of aromatic nitrogens is 2. The average molecular weight is 331 g/mol. The number of piperazine rings is 1. The van der Waals surface area contributed by atoms with E-state index in [0.29, 0.717) is 6.54 Å². The highest BCUT2D eigenvalue weighted by Crippen LogP contribution is 2.12. The standard InChI is InChI=1S/C17H25N5O2/c1-14(15-4-3-11-24-15)19-17(23)13-22-9-7-21(8-10-22)12-16-18-5-6-20(16)2/h3-6,11,14H,7-10,12-13H2,1-2H3,(H,19,23)/t14-/m1/s1. The van der Waals surface area contributed by atoms with E-state index in [-0.39, 0.29) is 11.9 Å². The van der Waals surface area contributed by atoms with Crippen LogP contribution < -0.4 is 5.32 Å². The summed E-state index contributed by atoms with van der Waals surface area (Å²) in [4.78, 5) is 21.1. The number of nitrogens with one attached hydrogen (secondary N) is 1. The molecule has 0 unspecified atom stereocenters. The van der Waals surface area contributed by atoms with Gasteiger partial charge in [-0.2, -0.15) is 0 Å². The second kappa shape index (κ2) is 7.63. The molecule has 7 nitrogen and oxygen atoms in total. The van der Waals surface area contributed by atoms with Crippen LogP contribution in [0.5, 0.6) is 0 Å². The van der Waals surface area contributed by atoms with Crippen molar-refractivity contribution in [3.63, 3.8) is 0 Å². The van der Waals surface area contributed by atoms with Gasteiger partial charge in [0.1, 0.15) is 11.6 Å². The summed E-state index contributed by atoms with van der Waals surface area (Å²) in [5.41, 5.74) is 0. The van der Waals surface area contributed by atoms with Gasteiger partial charge < -0.3 is 14.3 Å². The van der Waals surface area contributed by atoms with Gasteiger partial charge in [0.25, 0.3) is 0 Å². The molecule has 1 atom stereocenters. The van der Waals surface area contributed by atoms with Gasteiger partial charge in [-0.1, -0.05) is 0 Å². The van der Waals surface area contributed by atoms with Crippen molar-refractivity contribution < 1.29 is 9.21 Å². The van der Waals surface area contributed by atoms with Gasteiger partial charge in [-0.25, -0.2) is 4.98 Å². The lowest BCUT2D eigenvalue weighted by Crippen LogP contribution is -2.49. The fourth-order valence-electron chi connectivity index (χ4n) is 2.95. The third-order valence-electron chi connectivity index (χ3n) is 4.47. The van der Waals surface area contributed by atoms with Crippen LogP contribution >= 0.6 is 0 Å². The number of carbonyl (C=O) groups is 1. The summed E-state index contributed by atoms with van der Waals surface area (Å²) in [5, 5.41) is 2.98. The number of furan rings is 1. The van der Waals surface area contributed by atoms with Crippen LogP contribution in [0.25, 0.3) is 0 Å². The van der Waals surface area contributed by atoms with E-state index in [4.69, 9.17) is 4.42 Å². The van der Waals surface area contributed by atoms with E-state index < -0.39 is 0 Å². The van der Waals surface area contributed by atoms with Crippen molar-refractivity contribution in [1.29, 1.82) is 0 Å². The molecule has 0 aromatic carbocycles. The molecule has 0 radical (unpaired) electrons. The molecule has 7 heteroatoms. The third-order valence-corrected chi connectivity index (χ3v) is 4.47. The molecular weight excluding hydrogens is 306 g/mol. The Morgan fingerprint density at radius 2 is 2.08 bits per heavy atom. The molecule has 0 aliphatic carbocycles. The van der Waals surface area contributed by atoms with E-state index in [0.717, 1.165) is 44.3 Å². The van der Waals surface area contributed by atoms with Crippen molar-refractivity contribution in [3.8, 4) is 0 Å². The molecule has 3 heterocycles. The lowest BCUT2D eigenvalue weighted by atomic mass is 10.2. The summed E-state index contributed by atoms with van der Waals surface area (Å²) >= 11 is 0. The van der Waals surface area contributed by atoms with E-state index in [1.54, 1.807) is 6.26 Å². The van der Waals surface area contributed by atoms with Crippen LogP contribution in [-0.4, -0.2) is 58.0 Å². The van der Waals surface area contributed by atoms with Gasteiger partial charge in [-0.15, -0.1) is 0 Å². The van der Waals surface area contributed by atoms with Gasteiger partial charge >= 0.3 is 0 Å². The minimum absolute atomic E-state index is 0.0384. The highest BCUT2D eigenvalue weighted by molar-refractivity contribution is 5.78. The van der Waals surface area contributed by atoms with E-state index in [9.17, 15) is 4.79 Å². The van der Waals surface area contributed by atoms with Gasteiger partial charge in [-0.05, 0) is 19.1 Å². The summed E-state index contributed by atoms with van der Waals surface area (Å²) in [6.07, 6.45) is 5.42. The zero-order valence-corrected chi connectivity index (χ0v) is 14.3. The molecule has 2 aromatic heterocycles. The second-order valence-electron chi connectivity index (χ2n) is 6.31. The first-order valence-corrected chi connectivity index (χ1v) is 8.35. The number of aryl methyl sites for hydroxylation is 1. The summed E-state index contributed by atoms with van der Waals surface area (Å²) in [6, 6.07) is 3.61. The Kier molecular flexibility index (Phi) is 5.32. The van der Waals surface area contributed by atoms with Gasteiger partial charge in [0.2, 0.25) is 5.91 Å². The maximum Gasteiger partial charge on any atom is 0.234 e. The molecule has 1 aliphatic heterocycles. The maximum atomic E-state index is 12.2. The number of hydrogen-bond donors (Lipinski definition) is 1. The number of carbonyl (C=O) groups excluding carboxylic acids is 1. The molecule has 1 N–H and O–H groups in total. The molecular formula is C17H25N5O2. The number of nitrogens with zero attached hydrogens (tertiary/aromatic N) is 4. The molecule has 1 amide bonds. The molecule has 2 aromatic rings. The van der Waals surface area contributed by atoms with Gasteiger partial charge in [0.05, 0.1) is 25.4 Å². The number of imidazole rings is 1. The molecule has 1 fully saturated rings. The normalized spacial score (nSPS) is 17.8. The van der Waals surface area contributed by atoms with Crippen LogP contribution in [0.4, 0.5) is 0 Å². The SMILES string of the molecule is C[C@@H](NC(=O)CN1CCN(Cc2nccn2C)CC1)c1ccco1. The summed E-state index contributed by atoms with van der Waals surface area (Å²) < 4.78 is 7.37. The predicted octanol–water partition coefficient (Wildman–Crippen LogP) is 1.01. The highest BCUT2D eigenvalue weighted by Gasteiger charge is 2.21. The second-order valence-corrected chi connectivity index (χ2v) is 6.31. The molecule has 24 heavy (non-hydrogen) atoms. The smallest absolute Gasteiger partial charge is 0.234 e. The Balaban J connectivity index is 1.40. The van der Waals surface area contributed by atoms with Gasteiger partial charge in [0, 0.05) is 45.6 Å².